The van der Waals surface area contributed by atoms with Crippen molar-refractivity contribution in [2.75, 3.05) is 6.54 Å². The van der Waals surface area contributed by atoms with Crippen LogP contribution in [0.25, 0.3) is 0 Å². The highest BCUT2D eigenvalue weighted by Gasteiger charge is 2.35. The van der Waals surface area contributed by atoms with Crippen LogP contribution in [-0.2, 0) is 0 Å². The lowest BCUT2D eigenvalue weighted by Crippen LogP contribution is -2.52. The largest absolute Gasteiger partial charge is 0.337 e. The minimum Gasteiger partial charge on any atom is -0.337 e. The van der Waals surface area contributed by atoms with Gasteiger partial charge in [0.25, 0.3) is 6.69 Å². The Morgan fingerprint density at radius 3 is 1.57 bits per heavy atom. The molecule has 1 N–H and O–H groups in total. The highest BCUT2D eigenvalue weighted by Crippen LogP contribution is 2.38. The van der Waals surface area contributed by atoms with E-state index in [0.29, 0.717) is 0 Å². The van der Waals surface area contributed by atoms with Crippen LogP contribution in [-0.4, -0.2) is 21.5 Å². The molecule has 2 saturated heterocycles. The van der Waals surface area contributed by atoms with E-state index in [2.05, 4.69) is 18.5 Å². The second-order valence-corrected chi connectivity index (χ2v) is 16.8. The monoisotopic (exact) mass is 269 g/mol. The van der Waals surface area contributed by atoms with Gasteiger partial charge in [-0.3, -0.25) is 0 Å². The molecule has 0 aliphatic carbocycles. The van der Waals surface area contributed by atoms with Crippen molar-refractivity contribution in [1.82, 2.24) is 4.98 Å². The number of nitrogens with one attached hydrogen (secondary N) is 1. The highest BCUT2D eigenvalue weighted by atomic mass is 35.7. The van der Waals surface area contributed by atoms with E-state index in [-0.39, 0.29) is 0 Å². The van der Waals surface area contributed by atoms with Crippen LogP contribution in [0.2, 0.25) is 30.7 Å². The molecule has 14 heavy (non-hydrogen) atoms. The molecule has 2 aliphatic heterocycles. The van der Waals surface area contributed by atoms with Gasteiger partial charge in [-0.2, -0.15) is 0 Å². The van der Waals surface area contributed by atoms with Crippen molar-refractivity contribution in [3.8, 4) is 0 Å². The van der Waals surface area contributed by atoms with Gasteiger partial charge in [0.05, 0.1) is 0 Å². The number of rotatable bonds is 2. The number of halogens is 2. The zero-order chi connectivity index (χ0) is 10.7. The molecule has 2 heterocycles. The van der Waals surface area contributed by atoms with E-state index in [9.17, 15) is 0 Å². The first-order chi connectivity index (χ1) is 6.47. The minimum absolute atomic E-state index is 0.747. The van der Waals surface area contributed by atoms with Gasteiger partial charge in [-0.1, -0.05) is 26.3 Å². The molecule has 0 spiro atoms. The molecule has 0 unspecified atom stereocenters. The van der Waals surface area contributed by atoms with Crippen LogP contribution in [0.4, 0.5) is 0 Å². The standard InChI is InChI=1S/C6H15NSi.C3H6Cl2Si/c1-3-7-8(2)5-4-6-8;4-6(5)2-1-3-6/h7H,3-6H2,1-2H3;1-3H2. The van der Waals surface area contributed by atoms with E-state index in [1.807, 2.05) is 0 Å². The second-order valence-electron chi connectivity index (χ2n) is 4.65. The Bertz CT molecular complexity index is 178. The fourth-order valence-corrected chi connectivity index (χ4v) is 6.87. The van der Waals surface area contributed by atoms with Crippen LogP contribution >= 0.6 is 22.2 Å². The third kappa shape index (κ3) is 4.23. The molecule has 0 amide bonds. The predicted molar refractivity (Wildman–Crippen MR) is 71.2 cm³/mol. The normalized spacial score (nSPS) is 26.6. The Morgan fingerprint density at radius 1 is 1.07 bits per heavy atom. The van der Waals surface area contributed by atoms with Gasteiger partial charge in [0.15, 0.2) is 0 Å². The lowest BCUT2D eigenvalue weighted by molar-refractivity contribution is 0.808. The van der Waals surface area contributed by atoms with Crippen LogP contribution in [0.1, 0.15) is 19.8 Å². The Morgan fingerprint density at radius 2 is 1.50 bits per heavy atom. The maximum Gasteiger partial charge on any atom is 0.251 e. The molecule has 0 aromatic carbocycles. The Kier molecular flexibility index (Phi) is 4.98. The molecule has 0 aromatic rings. The van der Waals surface area contributed by atoms with E-state index >= 15 is 0 Å². The molecule has 2 fully saturated rings. The van der Waals surface area contributed by atoms with Gasteiger partial charge in [-0.15, -0.1) is 22.2 Å². The van der Waals surface area contributed by atoms with Crippen molar-refractivity contribution >= 4 is 37.1 Å². The summed E-state index contributed by atoms with van der Waals surface area (Å²) in [6.07, 6.45) is 2.74. The molecule has 0 atom stereocenters. The van der Waals surface area contributed by atoms with Crippen molar-refractivity contribution in [2.45, 2.75) is 50.5 Å². The summed E-state index contributed by atoms with van der Waals surface area (Å²) in [4.78, 5) is 3.60. The molecular formula is C9H21Cl2NSi2. The van der Waals surface area contributed by atoms with Gasteiger partial charge >= 0.3 is 0 Å². The summed E-state index contributed by atoms with van der Waals surface area (Å²) >= 11 is 11.4. The first-order valence-corrected chi connectivity index (χ1v) is 13.0. The lowest BCUT2D eigenvalue weighted by atomic mass is 10.5. The van der Waals surface area contributed by atoms with Crippen molar-refractivity contribution in [1.29, 1.82) is 0 Å². The van der Waals surface area contributed by atoms with Gasteiger partial charge in [0.1, 0.15) is 8.24 Å². The van der Waals surface area contributed by atoms with Crippen molar-refractivity contribution in [3.05, 3.63) is 0 Å². The molecule has 0 aromatic heterocycles. The summed E-state index contributed by atoms with van der Waals surface area (Å²) in [5, 5.41) is 0. The highest BCUT2D eigenvalue weighted by molar-refractivity contribution is 7.46. The van der Waals surface area contributed by atoms with Gasteiger partial charge in [-0.05, 0) is 30.7 Å². The molecule has 2 rings (SSSR count). The van der Waals surface area contributed by atoms with Crippen LogP contribution in [0.5, 0.6) is 0 Å². The van der Waals surface area contributed by atoms with E-state index in [1.54, 1.807) is 0 Å². The van der Waals surface area contributed by atoms with Crippen LogP contribution in [0.3, 0.4) is 0 Å². The summed E-state index contributed by atoms with van der Waals surface area (Å²) in [7, 11) is -0.747. The zero-order valence-corrected chi connectivity index (χ0v) is 12.7. The van der Waals surface area contributed by atoms with Gasteiger partial charge in [-0.25, -0.2) is 0 Å². The first-order valence-electron chi connectivity index (χ1n) is 5.60. The van der Waals surface area contributed by atoms with Crippen LogP contribution < -0.4 is 4.98 Å². The van der Waals surface area contributed by atoms with Crippen molar-refractivity contribution < 1.29 is 0 Å². The average molecular weight is 270 g/mol. The SMILES string of the molecule is CCN[Si]1(C)CCC1.Cl[Si]1(Cl)CCC1. The smallest absolute Gasteiger partial charge is 0.251 e. The predicted octanol–water partition coefficient (Wildman–Crippen LogP) is 3.88. The maximum absolute atomic E-state index is 5.71. The molecule has 84 valence electrons. The third-order valence-electron chi connectivity index (χ3n) is 3.15. The topological polar surface area (TPSA) is 12.0 Å². The van der Waals surface area contributed by atoms with Crippen molar-refractivity contribution in [2.24, 2.45) is 0 Å². The fraction of sp³-hybridized carbons (Fsp3) is 1.00. The Hall–Kier alpha value is 0.974. The summed E-state index contributed by atoms with van der Waals surface area (Å²) < 4.78 is 0. The minimum atomic E-state index is -1.51. The average Bonchev–Trinajstić information content (AvgIpc) is 2.01. The molecular weight excluding hydrogens is 249 g/mol. The summed E-state index contributed by atoms with van der Waals surface area (Å²) in [5.74, 6) is 0. The summed E-state index contributed by atoms with van der Waals surface area (Å²) in [6, 6.07) is 5.27. The zero-order valence-electron chi connectivity index (χ0n) is 9.21. The van der Waals surface area contributed by atoms with E-state index in [1.165, 1.54) is 31.5 Å². The molecule has 2 aliphatic rings. The summed E-state index contributed by atoms with van der Waals surface area (Å²) in [6.45, 7) is 4.33. The van der Waals surface area contributed by atoms with Crippen LogP contribution in [0, 0.1) is 0 Å². The molecule has 0 radical (unpaired) electrons. The second kappa shape index (κ2) is 5.35. The van der Waals surface area contributed by atoms with Crippen molar-refractivity contribution in [3.63, 3.8) is 0 Å². The van der Waals surface area contributed by atoms with E-state index in [0.717, 1.165) is 12.1 Å². The molecule has 0 bridgehead atoms. The molecule has 5 heteroatoms. The third-order valence-corrected chi connectivity index (χ3v) is 11.7. The Labute approximate surface area is 99.1 Å². The lowest BCUT2D eigenvalue weighted by Gasteiger charge is -2.36. The van der Waals surface area contributed by atoms with Gasteiger partial charge < -0.3 is 4.98 Å². The first kappa shape index (κ1) is 13.0. The molecule has 0 saturated carbocycles. The quantitative estimate of drug-likeness (QED) is 0.593. The molecule has 1 nitrogen and oxygen atoms in total. The summed E-state index contributed by atoms with van der Waals surface area (Å²) in [5.41, 5.74) is 0. The van der Waals surface area contributed by atoms with Gasteiger partial charge in [0.2, 0.25) is 0 Å². The van der Waals surface area contributed by atoms with Crippen LogP contribution in [0.15, 0.2) is 0 Å². The van der Waals surface area contributed by atoms with E-state index < -0.39 is 14.9 Å². The fourth-order valence-electron chi connectivity index (χ4n) is 1.75. The Balaban J connectivity index is 0.000000146. The maximum atomic E-state index is 5.71. The number of hydrogen-bond acceptors (Lipinski definition) is 1. The van der Waals surface area contributed by atoms with E-state index in [4.69, 9.17) is 22.2 Å². The number of hydrogen-bond donors (Lipinski definition) is 1. The van der Waals surface area contributed by atoms with Gasteiger partial charge in [0, 0.05) is 0 Å².